The number of ether oxygens (including phenoxy) is 1. The molecule has 0 bridgehead atoms. The van der Waals surface area contributed by atoms with Crippen LogP contribution in [0.25, 0.3) is 0 Å². The van der Waals surface area contributed by atoms with Gasteiger partial charge in [-0.1, -0.05) is 18.2 Å². The van der Waals surface area contributed by atoms with Crippen LogP contribution < -0.4 is 5.32 Å². The molecule has 0 aliphatic carbocycles. The van der Waals surface area contributed by atoms with E-state index >= 15 is 0 Å². The van der Waals surface area contributed by atoms with E-state index in [0.717, 1.165) is 12.2 Å². The molecule has 0 unspecified atom stereocenters. The molecule has 2 aliphatic rings. The van der Waals surface area contributed by atoms with E-state index in [1.807, 2.05) is 22.7 Å². The van der Waals surface area contributed by atoms with E-state index in [1.165, 1.54) is 10.5 Å². The van der Waals surface area contributed by atoms with E-state index in [1.54, 1.807) is 0 Å². The van der Waals surface area contributed by atoms with Gasteiger partial charge in [0.25, 0.3) is 0 Å². The lowest BCUT2D eigenvalue weighted by atomic mass is 10.0. The molecule has 0 radical (unpaired) electrons. The maximum atomic E-state index is 12.2. The molecule has 1 aromatic rings. The maximum Gasteiger partial charge on any atom is 0.318 e. The van der Waals surface area contributed by atoms with Gasteiger partial charge < -0.3 is 15.0 Å². The fourth-order valence-corrected chi connectivity index (χ4v) is 3.62. The highest BCUT2D eigenvalue weighted by atomic mass is 32.2. The van der Waals surface area contributed by atoms with Crippen LogP contribution in [-0.2, 0) is 4.74 Å². The highest BCUT2D eigenvalue weighted by molar-refractivity contribution is 7.99. The molecule has 102 valence electrons. The highest BCUT2D eigenvalue weighted by Gasteiger charge is 2.24. The van der Waals surface area contributed by atoms with Crippen LogP contribution in [0.15, 0.2) is 29.2 Å². The Bertz CT molecular complexity index is 461. The molecule has 3 rings (SSSR count). The predicted molar refractivity (Wildman–Crippen MR) is 75.4 cm³/mol. The average molecular weight is 278 g/mol. The van der Waals surface area contributed by atoms with Gasteiger partial charge in [0, 0.05) is 23.7 Å². The predicted octanol–water partition coefficient (Wildman–Crippen LogP) is 2.27. The second-order valence-electron chi connectivity index (χ2n) is 4.78. The van der Waals surface area contributed by atoms with Crippen molar-refractivity contribution >= 4 is 17.8 Å². The number of morpholine rings is 1. The Kier molecular flexibility index (Phi) is 3.94. The van der Waals surface area contributed by atoms with Crippen LogP contribution in [0.1, 0.15) is 18.0 Å². The van der Waals surface area contributed by atoms with Crippen molar-refractivity contribution in [1.82, 2.24) is 10.2 Å². The van der Waals surface area contributed by atoms with Crippen LogP contribution in [0.4, 0.5) is 4.79 Å². The summed E-state index contributed by atoms with van der Waals surface area (Å²) >= 11 is 1.87. The third-order valence-corrected chi connectivity index (χ3v) is 4.68. The number of fused-ring (bicyclic) bond motifs is 1. The van der Waals surface area contributed by atoms with Crippen molar-refractivity contribution < 1.29 is 9.53 Å². The average Bonchev–Trinajstić information content (AvgIpc) is 2.48. The van der Waals surface area contributed by atoms with Gasteiger partial charge in [0.2, 0.25) is 0 Å². The Morgan fingerprint density at radius 3 is 2.95 bits per heavy atom. The number of hydrogen-bond acceptors (Lipinski definition) is 3. The molecule has 2 aliphatic heterocycles. The van der Waals surface area contributed by atoms with Crippen LogP contribution >= 0.6 is 11.8 Å². The van der Waals surface area contributed by atoms with E-state index in [0.29, 0.717) is 26.3 Å². The maximum absolute atomic E-state index is 12.2. The first-order chi connectivity index (χ1) is 9.34. The van der Waals surface area contributed by atoms with E-state index in [2.05, 4.69) is 23.5 Å². The Balaban J connectivity index is 1.68. The van der Waals surface area contributed by atoms with Gasteiger partial charge in [-0.2, -0.15) is 0 Å². The van der Waals surface area contributed by atoms with E-state index in [4.69, 9.17) is 4.74 Å². The first-order valence-corrected chi connectivity index (χ1v) is 7.68. The van der Waals surface area contributed by atoms with Crippen LogP contribution in [-0.4, -0.2) is 43.0 Å². The van der Waals surface area contributed by atoms with Crippen LogP contribution in [0.3, 0.4) is 0 Å². The summed E-state index contributed by atoms with van der Waals surface area (Å²) in [6.07, 6.45) is 0.998. The number of thioether (sulfide) groups is 1. The van der Waals surface area contributed by atoms with Gasteiger partial charge in [-0.25, -0.2) is 4.79 Å². The largest absolute Gasteiger partial charge is 0.378 e. The molecule has 0 spiro atoms. The normalized spacial score (nSPS) is 22.7. The zero-order valence-electron chi connectivity index (χ0n) is 10.8. The summed E-state index contributed by atoms with van der Waals surface area (Å²) in [5.41, 5.74) is 1.25. The molecule has 2 heterocycles. The summed E-state index contributed by atoms with van der Waals surface area (Å²) in [6.45, 7) is 2.67. The molecule has 0 saturated carbocycles. The molecule has 1 N–H and O–H groups in total. The molecule has 2 amide bonds. The Morgan fingerprint density at radius 1 is 1.32 bits per heavy atom. The van der Waals surface area contributed by atoms with E-state index in [9.17, 15) is 4.79 Å². The Hall–Kier alpha value is -1.20. The fourth-order valence-electron chi connectivity index (χ4n) is 2.50. The number of carbonyl (C=O) groups excluding carboxylic acids is 1. The minimum atomic E-state index is 0.0370. The molecule has 1 aromatic carbocycles. The van der Waals surface area contributed by atoms with Crippen molar-refractivity contribution in [1.29, 1.82) is 0 Å². The summed E-state index contributed by atoms with van der Waals surface area (Å²) in [5, 5.41) is 3.16. The second kappa shape index (κ2) is 5.84. The second-order valence-corrected chi connectivity index (χ2v) is 5.91. The van der Waals surface area contributed by atoms with Crippen LogP contribution in [0.2, 0.25) is 0 Å². The molecular formula is C14H18N2O2S. The highest BCUT2D eigenvalue weighted by Crippen LogP contribution is 2.35. The summed E-state index contributed by atoms with van der Waals surface area (Å²) in [5.74, 6) is 1.06. The standard InChI is InChI=1S/C14H18N2O2S/c17-14(16-6-8-18-9-7-16)15-12-5-10-19-13-4-2-1-3-11(12)13/h1-4,12H,5-10H2,(H,15,17)/t12-/m1/s1. The molecular weight excluding hydrogens is 260 g/mol. The Labute approximate surface area is 117 Å². The van der Waals surface area contributed by atoms with Crippen molar-refractivity contribution in [3.63, 3.8) is 0 Å². The van der Waals surface area contributed by atoms with Crippen molar-refractivity contribution in [2.75, 3.05) is 32.1 Å². The summed E-state index contributed by atoms with van der Waals surface area (Å²) < 4.78 is 5.27. The number of carbonyl (C=O) groups is 1. The summed E-state index contributed by atoms with van der Waals surface area (Å²) in [4.78, 5) is 15.4. The monoisotopic (exact) mass is 278 g/mol. The third kappa shape index (κ3) is 2.87. The lowest BCUT2D eigenvalue weighted by Crippen LogP contribution is -2.47. The van der Waals surface area contributed by atoms with Crippen molar-refractivity contribution in [2.45, 2.75) is 17.4 Å². The number of rotatable bonds is 1. The molecule has 0 aromatic heterocycles. The smallest absolute Gasteiger partial charge is 0.318 e. The van der Waals surface area contributed by atoms with Gasteiger partial charge in [-0.15, -0.1) is 11.8 Å². The first-order valence-electron chi connectivity index (χ1n) is 6.69. The zero-order chi connectivity index (χ0) is 13.1. The molecule has 1 atom stereocenters. The molecule has 19 heavy (non-hydrogen) atoms. The molecule has 1 fully saturated rings. The molecule has 1 saturated heterocycles. The third-order valence-electron chi connectivity index (χ3n) is 3.55. The first kappa shape index (κ1) is 12.8. The van der Waals surface area contributed by atoms with Crippen molar-refractivity contribution in [3.05, 3.63) is 29.8 Å². The SMILES string of the molecule is O=C(N[C@@H]1CCSc2ccccc21)N1CCOCC1. The zero-order valence-corrected chi connectivity index (χ0v) is 11.6. The summed E-state index contributed by atoms with van der Waals surface area (Å²) in [7, 11) is 0. The number of nitrogens with zero attached hydrogens (tertiary/aromatic N) is 1. The number of urea groups is 1. The topological polar surface area (TPSA) is 41.6 Å². The number of nitrogens with one attached hydrogen (secondary N) is 1. The number of amides is 2. The van der Waals surface area contributed by atoms with Gasteiger partial charge in [0.05, 0.1) is 19.3 Å². The lowest BCUT2D eigenvalue weighted by Gasteiger charge is -2.31. The Morgan fingerprint density at radius 2 is 2.11 bits per heavy atom. The lowest BCUT2D eigenvalue weighted by molar-refractivity contribution is 0.0524. The van der Waals surface area contributed by atoms with Crippen LogP contribution in [0.5, 0.6) is 0 Å². The quantitative estimate of drug-likeness (QED) is 0.857. The number of hydrogen-bond donors (Lipinski definition) is 1. The molecule has 4 nitrogen and oxygen atoms in total. The van der Waals surface area contributed by atoms with Gasteiger partial charge in [0.15, 0.2) is 0 Å². The fraction of sp³-hybridized carbons (Fsp3) is 0.500. The van der Waals surface area contributed by atoms with E-state index < -0.39 is 0 Å². The van der Waals surface area contributed by atoms with E-state index in [-0.39, 0.29) is 12.1 Å². The number of benzene rings is 1. The van der Waals surface area contributed by atoms with Crippen molar-refractivity contribution in [3.8, 4) is 0 Å². The minimum absolute atomic E-state index is 0.0370. The van der Waals surface area contributed by atoms with Gasteiger partial charge in [-0.05, 0) is 18.1 Å². The minimum Gasteiger partial charge on any atom is -0.378 e. The van der Waals surface area contributed by atoms with Crippen LogP contribution in [0, 0.1) is 0 Å². The summed E-state index contributed by atoms with van der Waals surface area (Å²) in [6, 6.07) is 8.53. The van der Waals surface area contributed by atoms with Gasteiger partial charge in [-0.3, -0.25) is 0 Å². The molecule has 5 heteroatoms. The van der Waals surface area contributed by atoms with Gasteiger partial charge >= 0.3 is 6.03 Å². The van der Waals surface area contributed by atoms with Crippen molar-refractivity contribution in [2.24, 2.45) is 0 Å². The van der Waals surface area contributed by atoms with Gasteiger partial charge in [0.1, 0.15) is 0 Å².